The number of hydrogen-bond acceptors (Lipinski definition) is 3. The van der Waals surface area contributed by atoms with Gasteiger partial charge in [-0.1, -0.05) is 49.4 Å². The molecule has 1 atom stereocenters. The van der Waals surface area contributed by atoms with E-state index in [1.54, 1.807) is 0 Å². The molecular weight excluding hydrogens is 288 g/mol. The van der Waals surface area contributed by atoms with Crippen molar-refractivity contribution in [1.29, 1.82) is 0 Å². The SMILES string of the molecule is CCOc1ccccc1NCC(=O)NC(CC)c1ccccc1. The number of benzene rings is 2. The third-order valence-electron chi connectivity index (χ3n) is 3.57. The van der Waals surface area contributed by atoms with Crippen LogP contribution in [0.5, 0.6) is 5.75 Å². The molecule has 0 aliphatic carbocycles. The Kier molecular flexibility index (Phi) is 6.48. The number of carbonyl (C=O) groups is 1. The van der Waals surface area contributed by atoms with Crippen molar-refractivity contribution in [2.24, 2.45) is 0 Å². The minimum Gasteiger partial charge on any atom is -0.492 e. The van der Waals surface area contributed by atoms with Crippen molar-refractivity contribution < 1.29 is 9.53 Å². The lowest BCUT2D eigenvalue weighted by molar-refractivity contribution is -0.120. The summed E-state index contributed by atoms with van der Waals surface area (Å²) in [6.07, 6.45) is 0.852. The minimum atomic E-state index is -0.0352. The number of amides is 1. The Morgan fingerprint density at radius 3 is 2.43 bits per heavy atom. The Morgan fingerprint density at radius 1 is 1.04 bits per heavy atom. The topological polar surface area (TPSA) is 50.4 Å². The van der Waals surface area contributed by atoms with E-state index in [9.17, 15) is 4.79 Å². The van der Waals surface area contributed by atoms with Gasteiger partial charge in [0.1, 0.15) is 5.75 Å². The Balaban J connectivity index is 1.92. The first-order chi connectivity index (χ1) is 11.2. The van der Waals surface area contributed by atoms with Gasteiger partial charge in [-0.3, -0.25) is 4.79 Å². The van der Waals surface area contributed by atoms with Crippen LogP contribution in [0.4, 0.5) is 5.69 Å². The van der Waals surface area contributed by atoms with Gasteiger partial charge in [-0.25, -0.2) is 0 Å². The van der Waals surface area contributed by atoms with Crippen LogP contribution in [0.3, 0.4) is 0 Å². The second kappa shape index (κ2) is 8.83. The summed E-state index contributed by atoms with van der Waals surface area (Å²) in [5, 5.41) is 6.20. The summed E-state index contributed by atoms with van der Waals surface area (Å²) in [7, 11) is 0. The van der Waals surface area contributed by atoms with Gasteiger partial charge in [0.25, 0.3) is 0 Å². The summed E-state index contributed by atoms with van der Waals surface area (Å²) in [4.78, 5) is 12.2. The number of carbonyl (C=O) groups excluding carboxylic acids is 1. The molecule has 0 aromatic heterocycles. The van der Waals surface area contributed by atoms with E-state index in [-0.39, 0.29) is 18.5 Å². The summed E-state index contributed by atoms with van der Waals surface area (Å²) in [5.41, 5.74) is 1.95. The normalized spacial score (nSPS) is 11.6. The summed E-state index contributed by atoms with van der Waals surface area (Å²) >= 11 is 0. The highest BCUT2D eigenvalue weighted by Gasteiger charge is 2.12. The van der Waals surface area contributed by atoms with Crippen molar-refractivity contribution in [3.8, 4) is 5.75 Å². The summed E-state index contributed by atoms with van der Waals surface area (Å²) in [6, 6.07) is 17.7. The van der Waals surface area contributed by atoms with Crippen LogP contribution in [0.25, 0.3) is 0 Å². The molecule has 4 heteroatoms. The zero-order valence-corrected chi connectivity index (χ0v) is 13.7. The van der Waals surface area contributed by atoms with Gasteiger partial charge in [-0.05, 0) is 31.0 Å². The molecule has 0 saturated heterocycles. The lowest BCUT2D eigenvalue weighted by Crippen LogP contribution is -2.33. The Labute approximate surface area is 137 Å². The van der Waals surface area contributed by atoms with Gasteiger partial charge in [0, 0.05) is 0 Å². The molecule has 2 rings (SSSR count). The molecule has 1 unspecified atom stereocenters. The summed E-state index contributed by atoms with van der Waals surface area (Å²) < 4.78 is 5.55. The van der Waals surface area contributed by atoms with Crippen LogP contribution in [0.2, 0.25) is 0 Å². The molecule has 0 saturated carbocycles. The van der Waals surface area contributed by atoms with Gasteiger partial charge in [-0.15, -0.1) is 0 Å². The van der Waals surface area contributed by atoms with Crippen LogP contribution < -0.4 is 15.4 Å². The van der Waals surface area contributed by atoms with Gasteiger partial charge in [0.05, 0.1) is 24.9 Å². The standard InChI is InChI=1S/C19H24N2O2/c1-3-16(15-10-6-5-7-11-15)21-19(22)14-20-17-12-8-9-13-18(17)23-4-2/h5-13,16,20H,3-4,14H2,1-2H3,(H,21,22). The van der Waals surface area contributed by atoms with E-state index >= 15 is 0 Å². The highest BCUT2D eigenvalue weighted by Crippen LogP contribution is 2.23. The molecule has 2 N–H and O–H groups in total. The van der Waals surface area contributed by atoms with E-state index in [0.29, 0.717) is 6.61 Å². The second-order valence-corrected chi connectivity index (χ2v) is 5.22. The molecule has 0 aliphatic rings. The molecule has 122 valence electrons. The Hall–Kier alpha value is -2.49. The highest BCUT2D eigenvalue weighted by atomic mass is 16.5. The van der Waals surface area contributed by atoms with Crippen LogP contribution in [0.1, 0.15) is 31.9 Å². The number of rotatable bonds is 8. The van der Waals surface area contributed by atoms with E-state index in [2.05, 4.69) is 17.6 Å². The maximum Gasteiger partial charge on any atom is 0.239 e. The molecule has 0 spiro atoms. The number of anilines is 1. The third kappa shape index (κ3) is 5.02. The van der Waals surface area contributed by atoms with Crippen LogP contribution in [-0.2, 0) is 4.79 Å². The highest BCUT2D eigenvalue weighted by molar-refractivity contribution is 5.81. The molecule has 2 aromatic carbocycles. The number of nitrogens with one attached hydrogen (secondary N) is 2. The zero-order valence-electron chi connectivity index (χ0n) is 13.7. The number of ether oxygens (including phenoxy) is 1. The molecule has 0 radical (unpaired) electrons. The maximum atomic E-state index is 12.2. The first kappa shape index (κ1) is 16.9. The van der Waals surface area contributed by atoms with Gasteiger partial charge in [0.2, 0.25) is 5.91 Å². The van der Waals surface area contributed by atoms with Gasteiger partial charge >= 0.3 is 0 Å². The fraction of sp³-hybridized carbons (Fsp3) is 0.316. The van der Waals surface area contributed by atoms with Gasteiger partial charge in [0.15, 0.2) is 0 Å². The molecule has 2 aromatic rings. The van der Waals surface area contributed by atoms with Crippen molar-refractivity contribution in [2.45, 2.75) is 26.3 Å². The third-order valence-corrected chi connectivity index (χ3v) is 3.57. The molecule has 4 nitrogen and oxygen atoms in total. The molecule has 0 bridgehead atoms. The first-order valence-electron chi connectivity index (χ1n) is 8.04. The second-order valence-electron chi connectivity index (χ2n) is 5.22. The monoisotopic (exact) mass is 312 g/mol. The average molecular weight is 312 g/mol. The van der Waals surface area contributed by atoms with E-state index < -0.39 is 0 Å². The predicted molar refractivity (Wildman–Crippen MR) is 93.7 cm³/mol. The zero-order chi connectivity index (χ0) is 16.5. The fourth-order valence-corrected chi connectivity index (χ4v) is 2.42. The van der Waals surface area contributed by atoms with Gasteiger partial charge in [-0.2, -0.15) is 0 Å². The van der Waals surface area contributed by atoms with E-state index in [4.69, 9.17) is 4.74 Å². The van der Waals surface area contributed by atoms with Crippen molar-refractivity contribution in [3.05, 3.63) is 60.2 Å². The van der Waals surface area contributed by atoms with Crippen molar-refractivity contribution >= 4 is 11.6 Å². The van der Waals surface area contributed by atoms with Gasteiger partial charge < -0.3 is 15.4 Å². The van der Waals surface area contributed by atoms with Crippen LogP contribution in [0.15, 0.2) is 54.6 Å². The molecule has 0 heterocycles. The van der Waals surface area contributed by atoms with E-state index in [1.165, 1.54) is 0 Å². The smallest absolute Gasteiger partial charge is 0.239 e. The van der Waals surface area contributed by atoms with Crippen molar-refractivity contribution in [3.63, 3.8) is 0 Å². The maximum absolute atomic E-state index is 12.2. The largest absolute Gasteiger partial charge is 0.492 e. The number of para-hydroxylation sites is 2. The van der Waals surface area contributed by atoms with Crippen LogP contribution >= 0.6 is 0 Å². The summed E-state index contributed by atoms with van der Waals surface area (Å²) in [5.74, 6) is 0.727. The molecule has 0 aliphatic heterocycles. The average Bonchev–Trinajstić information content (AvgIpc) is 2.60. The molecule has 23 heavy (non-hydrogen) atoms. The van der Waals surface area contributed by atoms with Crippen LogP contribution in [-0.4, -0.2) is 19.1 Å². The van der Waals surface area contributed by atoms with E-state index in [0.717, 1.165) is 23.4 Å². The Morgan fingerprint density at radius 2 is 1.74 bits per heavy atom. The van der Waals surface area contributed by atoms with Crippen molar-refractivity contribution in [1.82, 2.24) is 5.32 Å². The predicted octanol–water partition coefficient (Wildman–Crippen LogP) is 3.76. The Bertz CT molecular complexity index is 614. The fourth-order valence-electron chi connectivity index (χ4n) is 2.42. The molecule has 1 amide bonds. The van der Waals surface area contributed by atoms with Crippen molar-refractivity contribution in [2.75, 3.05) is 18.5 Å². The molecular formula is C19H24N2O2. The van der Waals surface area contributed by atoms with Crippen LogP contribution in [0, 0.1) is 0 Å². The number of hydrogen-bond donors (Lipinski definition) is 2. The first-order valence-corrected chi connectivity index (χ1v) is 8.04. The minimum absolute atomic E-state index is 0.0348. The van der Waals surface area contributed by atoms with E-state index in [1.807, 2.05) is 61.5 Å². The lowest BCUT2D eigenvalue weighted by Gasteiger charge is -2.18. The summed E-state index contributed by atoms with van der Waals surface area (Å²) in [6.45, 7) is 4.81. The lowest BCUT2D eigenvalue weighted by atomic mass is 10.0. The quantitative estimate of drug-likeness (QED) is 0.780. The molecule has 0 fully saturated rings.